The molecule has 0 aliphatic rings. The second-order valence-electron chi connectivity index (χ2n) is 3.38. The van der Waals surface area contributed by atoms with Crippen LogP contribution in [0.4, 0.5) is 10.5 Å². The van der Waals surface area contributed by atoms with Crippen LogP contribution in [-0.4, -0.2) is 37.6 Å². The summed E-state index contributed by atoms with van der Waals surface area (Å²) in [5, 5.41) is 20.7. The Kier molecular flexibility index (Phi) is 4.78. The Bertz CT molecular complexity index is 568. The normalized spacial score (nSPS) is 10.9. The van der Waals surface area contributed by atoms with E-state index in [9.17, 15) is 23.3 Å². The van der Waals surface area contributed by atoms with E-state index in [-0.39, 0.29) is 23.7 Å². The molecule has 1 amide bonds. The van der Waals surface area contributed by atoms with E-state index in [0.717, 1.165) is 24.3 Å². The molecule has 0 unspecified atom stereocenters. The predicted octanol–water partition coefficient (Wildman–Crippen LogP) is 0.141. The van der Waals surface area contributed by atoms with Crippen molar-refractivity contribution in [1.29, 1.82) is 0 Å². The van der Waals surface area contributed by atoms with Crippen LogP contribution < -0.4 is 10.0 Å². The summed E-state index contributed by atoms with van der Waals surface area (Å²) in [5.74, 6) is 0. The average Bonchev–Trinajstić information content (AvgIpc) is 2.34. The lowest BCUT2D eigenvalue weighted by Crippen LogP contribution is -2.33. The molecule has 3 N–H and O–H groups in total. The molecule has 0 heterocycles. The van der Waals surface area contributed by atoms with Crippen LogP contribution in [0, 0.1) is 10.1 Å². The number of carboxylic acid groups (broad SMARTS) is 1. The van der Waals surface area contributed by atoms with Gasteiger partial charge in [0, 0.05) is 25.2 Å². The first-order chi connectivity index (χ1) is 8.83. The number of hydrogen-bond acceptors (Lipinski definition) is 5. The standard InChI is InChI=1S/C9H11N3O6S/c13-9(14)10-5-6-11-19(17,18)8-3-1-7(2-4-8)12(15)16/h1-4,10-11H,5-6H2,(H,13,14). The number of rotatable bonds is 6. The van der Waals surface area contributed by atoms with Gasteiger partial charge in [-0.15, -0.1) is 0 Å². The minimum Gasteiger partial charge on any atom is -0.465 e. The average molecular weight is 289 g/mol. The van der Waals surface area contributed by atoms with E-state index < -0.39 is 21.0 Å². The minimum atomic E-state index is -3.81. The van der Waals surface area contributed by atoms with Crippen molar-refractivity contribution in [3.05, 3.63) is 34.4 Å². The third-order valence-electron chi connectivity index (χ3n) is 2.05. The smallest absolute Gasteiger partial charge is 0.404 e. The number of carbonyl (C=O) groups is 1. The summed E-state index contributed by atoms with van der Waals surface area (Å²) < 4.78 is 25.6. The van der Waals surface area contributed by atoms with Gasteiger partial charge < -0.3 is 10.4 Å². The van der Waals surface area contributed by atoms with E-state index in [1.54, 1.807) is 0 Å². The SMILES string of the molecule is O=C(O)NCCNS(=O)(=O)c1ccc([N+](=O)[O-])cc1. The maximum Gasteiger partial charge on any atom is 0.404 e. The number of nitro benzene ring substituents is 1. The summed E-state index contributed by atoms with van der Waals surface area (Å²) in [6.07, 6.45) is -1.26. The summed E-state index contributed by atoms with van der Waals surface area (Å²) in [5.41, 5.74) is -0.216. The number of non-ortho nitro benzene ring substituents is 1. The van der Waals surface area contributed by atoms with Gasteiger partial charge in [0.1, 0.15) is 0 Å². The molecule has 0 saturated carbocycles. The van der Waals surface area contributed by atoms with Crippen molar-refractivity contribution in [2.45, 2.75) is 4.90 Å². The number of nitrogens with one attached hydrogen (secondary N) is 2. The topological polar surface area (TPSA) is 139 Å². The van der Waals surface area contributed by atoms with E-state index in [1.165, 1.54) is 0 Å². The predicted molar refractivity (Wildman–Crippen MR) is 64.3 cm³/mol. The summed E-state index contributed by atoms with van der Waals surface area (Å²) in [4.78, 5) is 19.8. The number of nitrogens with zero attached hydrogens (tertiary/aromatic N) is 1. The van der Waals surface area contributed by atoms with E-state index >= 15 is 0 Å². The van der Waals surface area contributed by atoms with Crippen molar-refractivity contribution < 1.29 is 23.2 Å². The molecule has 0 aliphatic heterocycles. The molecule has 104 valence electrons. The van der Waals surface area contributed by atoms with Gasteiger partial charge in [0.25, 0.3) is 5.69 Å². The lowest BCUT2D eigenvalue weighted by Gasteiger charge is -2.06. The molecule has 0 saturated heterocycles. The molecule has 1 aromatic carbocycles. The van der Waals surface area contributed by atoms with Crippen molar-refractivity contribution in [3.63, 3.8) is 0 Å². The van der Waals surface area contributed by atoms with Crippen molar-refractivity contribution in [1.82, 2.24) is 10.0 Å². The summed E-state index contributed by atoms with van der Waals surface area (Å²) >= 11 is 0. The first kappa shape index (κ1) is 14.9. The second kappa shape index (κ2) is 6.11. The highest BCUT2D eigenvalue weighted by Gasteiger charge is 2.15. The van der Waals surface area contributed by atoms with Gasteiger partial charge in [-0.1, -0.05) is 0 Å². The quantitative estimate of drug-likeness (QED) is 0.387. The minimum absolute atomic E-state index is 0.0818. The molecule has 0 radical (unpaired) electrons. The lowest BCUT2D eigenvalue weighted by atomic mass is 10.3. The van der Waals surface area contributed by atoms with E-state index in [0.29, 0.717) is 0 Å². The highest BCUT2D eigenvalue weighted by Crippen LogP contribution is 2.15. The fourth-order valence-electron chi connectivity index (χ4n) is 1.19. The van der Waals surface area contributed by atoms with Crippen LogP contribution in [0.1, 0.15) is 0 Å². The second-order valence-corrected chi connectivity index (χ2v) is 5.15. The van der Waals surface area contributed by atoms with Crippen LogP contribution in [0.5, 0.6) is 0 Å². The molecular weight excluding hydrogens is 278 g/mol. The monoisotopic (exact) mass is 289 g/mol. The van der Waals surface area contributed by atoms with Crippen LogP contribution in [-0.2, 0) is 10.0 Å². The molecule has 0 fully saturated rings. The van der Waals surface area contributed by atoms with Gasteiger partial charge in [-0.05, 0) is 12.1 Å². The number of sulfonamides is 1. The third-order valence-corrected chi connectivity index (χ3v) is 3.53. The van der Waals surface area contributed by atoms with E-state index in [2.05, 4.69) is 4.72 Å². The molecule has 0 atom stereocenters. The number of amides is 1. The molecule has 9 nitrogen and oxygen atoms in total. The Morgan fingerprint density at radius 2 is 1.84 bits per heavy atom. The van der Waals surface area contributed by atoms with Crippen LogP contribution in [0.2, 0.25) is 0 Å². The molecule has 0 aromatic heterocycles. The van der Waals surface area contributed by atoms with Crippen LogP contribution >= 0.6 is 0 Å². The molecule has 1 rings (SSSR count). The largest absolute Gasteiger partial charge is 0.465 e. The van der Waals surface area contributed by atoms with Crippen LogP contribution in [0.3, 0.4) is 0 Å². The van der Waals surface area contributed by atoms with Crippen molar-refractivity contribution in [2.24, 2.45) is 0 Å². The van der Waals surface area contributed by atoms with Gasteiger partial charge in [0.05, 0.1) is 9.82 Å². The maximum atomic E-state index is 11.7. The fraction of sp³-hybridized carbons (Fsp3) is 0.222. The summed E-state index contributed by atoms with van der Waals surface area (Å²) in [7, 11) is -3.81. The maximum absolute atomic E-state index is 11.7. The highest BCUT2D eigenvalue weighted by atomic mass is 32.2. The molecule has 10 heteroatoms. The lowest BCUT2D eigenvalue weighted by molar-refractivity contribution is -0.384. The van der Waals surface area contributed by atoms with Gasteiger partial charge in [-0.2, -0.15) is 0 Å². The molecule has 0 spiro atoms. The zero-order valence-corrected chi connectivity index (χ0v) is 10.4. The van der Waals surface area contributed by atoms with Crippen LogP contribution in [0.15, 0.2) is 29.2 Å². The molecular formula is C9H11N3O6S. The Labute approximate surface area is 108 Å². The number of hydrogen-bond donors (Lipinski definition) is 3. The zero-order chi connectivity index (χ0) is 14.5. The third kappa shape index (κ3) is 4.52. The highest BCUT2D eigenvalue weighted by molar-refractivity contribution is 7.89. The first-order valence-corrected chi connectivity index (χ1v) is 6.52. The summed E-state index contributed by atoms with van der Waals surface area (Å²) in [6.45, 7) is -0.201. The van der Waals surface area contributed by atoms with Gasteiger partial charge in [-0.25, -0.2) is 17.9 Å². The number of nitro groups is 1. The van der Waals surface area contributed by atoms with Gasteiger partial charge in [-0.3, -0.25) is 10.1 Å². The molecule has 0 bridgehead atoms. The van der Waals surface area contributed by atoms with E-state index in [1.807, 2.05) is 5.32 Å². The van der Waals surface area contributed by atoms with Crippen molar-refractivity contribution >= 4 is 21.8 Å². The molecule has 1 aromatic rings. The fourth-order valence-corrected chi connectivity index (χ4v) is 2.22. The van der Waals surface area contributed by atoms with Gasteiger partial charge >= 0.3 is 6.09 Å². The summed E-state index contributed by atoms with van der Waals surface area (Å²) in [6, 6.07) is 4.35. The first-order valence-electron chi connectivity index (χ1n) is 5.04. The Hall–Kier alpha value is -2.20. The van der Waals surface area contributed by atoms with Crippen molar-refractivity contribution in [2.75, 3.05) is 13.1 Å². The van der Waals surface area contributed by atoms with Crippen LogP contribution in [0.25, 0.3) is 0 Å². The zero-order valence-electron chi connectivity index (χ0n) is 9.57. The number of benzene rings is 1. The van der Waals surface area contributed by atoms with Crippen molar-refractivity contribution in [3.8, 4) is 0 Å². The van der Waals surface area contributed by atoms with Gasteiger partial charge in [0.2, 0.25) is 10.0 Å². The Balaban J connectivity index is 2.66. The van der Waals surface area contributed by atoms with Gasteiger partial charge in [0.15, 0.2) is 0 Å². The molecule has 19 heavy (non-hydrogen) atoms. The Morgan fingerprint density at radius 1 is 1.26 bits per heavy atom. The van der Waals surface area contributed by atoms with E-state index in [4.69, 9.17) is 5.11 Å². The molecule has 0 aliphatic carbocycles. The Morgan fingerprint density at radius 3 is 2.32 bits per heavy atom.